The molecule has 108 valence electrons. The summed E-state index contributed by atoms with van der Waals surface area (Å²) in [5.74, 6) is 0.883. The van der Waals surface area contributed by atoms with Gasteiger partial charge in [0.25, 0.3) is 0 Å². The maximum atomic E-state index is 13.7. The highest BCUT2D eigenvalue weighted by Gasteiger charge is 2.38. The van der Waals surface area contributed by atoms with Gasteiger partial charge in [-0.05, 0) is 18.9 Å². The molecule has 0 saturated heterocycles. The van der Waals surface area contributed by atoms with Crippen molar-refractivity contribution in [3.63, 3.8) is 0 Å². The zero-order chi connectivity index (χ0) is 13.8. The van der Waals surface area contributed by atoms with E-state index in [2.05, 4.69) is 15.6 Å². The summed E-state index contributed by atoms with van der Waals surface area (Å²) >= 11 is 0. The molecule has 1 saturated carbocycles. The topological polar surface area (TPSA) is 36.4 Å². The van der Waals surface area contributed by atoms with Gasteiger partial charge >= 0.3 is 0 Å². The minimum atomic E-state index is -0.151. The number of hydrogen-bond acceptors (Lipinski definition) is 3. The van der Waals surface area contributed by atoms with Crippen LogP contribution < -0.4 is 10.6 Å². The summed E-state index contributed by atoms with van der Waals surface area (Å²) in [6.07, 6.45) is 6.07. The van der Waals surface area contributed by atoms with Crippen molar-refractivity contribution in [1.29, 1.82) is 0 Å². The Morgan fingerprint density at radius 2 is 2.00 bits per heavy atom. The predicted octanol–water partition coefficient (Wildman–Crippen LogP) is 2.62. The smallest absolute Gasteiger partial charge is 0.128 e. The van der Waals surface area contributed by atoms with Gasteiger partial charge in [-0.1, -0.05) is 37.5 Å². The predicted molar refractivity (Wildman–Crippen MR) is 79.4 cm³/mol. The fraction of sp³-hybridized carbons (Fsp3) is 0.562. The number of rotatable bonds is 2. The summed E-state index contributed by atoms with van der Waals surface area (Å²) < 4.78 is 13.7. The Hall–Kier alpha value is -1.42. The van der Waals surface area contributed by atoms with Crippen molar-refractivity contribution in [2.24, 2.45) is 4.99 Å². The number of hydrogen-bond donors (Lipinski definition) is 2. The van der Waals surface area contributed by atoms with Crippen LogP contribution in [0.25, 0.3) is 0 Å². The molecule has 20 heavy (non-hydrogen) atoms. The lowest BCUT2D eigenvalue weighted by Gasteiger charge is -2.41. The largest absolute Gasteiger partial charge is 0.368 e. The molecule has 2 N–H and O–H groups in total. The van der Waals surface area contributed by atoms with Gasteiger partial charge in [-0.15, -0.1) is 0 Å². The first-order valence-electron chi connectivity index (χ1n) is 7.57. The third-order valence-corrected chi connectivity index (χ3v) is 4.41. The summed E-state index contributed by atoms with van der Waals surface area (Å²) in [5.41, 5.74) is 0.716. The molecule has 1 fully saturated rings. The number of halogens is 1. The molecule has 1 aliphatic carbocycles. The van der Waals surface area contributed by atoms with Gasteiger partial charge in [-0.25, -0.2) is 4.39 Å². The molecule has 0 unspecified atom stereocenters. The van der Waals surface area contributed by atoms with Crippen molar-refractivity contribution in [1.82, 2.24) is 10.6 Å². The van der Waals surface area contributed by atoms with E-state index in [0.717, 1.165) is 31.8 Å². The van der Waals surface area contributed by atoms with E-state index in [9.17, 15) is 4.39 Å². The fourth-order valence-electron chi connectivity index (χ4n) is 3.31. The van der Waals surface area contributed by atoms with Gasteiger partial charge in [-0.3, -0.25) is 4.99 Å². The molecule has 3 rings (SSSR count). The molecule has 0 atom stereocenters. The van der Waals surface area contributed by atoms with E-state index < -0.39 is 0 Å². The fourth-order valence-corrected chi connectivity index (χ4v) is 3.31. The second kappa shape index (κ2) is 5.92. The molecule has 1 heterocycles. The molecule has 1 aromatic rings. The van der Waals surface area contributed by atoms with Crippen LogP contribution in [0, 0.1) is 5.82 Å². The third-order valence-electron chi connectivity index (χ3n) is 4.41. The Morgan fingerprint density at radius 3 is 2.80 bits per heavy atom. The minimum absolute atomic E-state index is 0.0156. The molecule has 3 nitrogen and oxygen atoms in total. The van der Waals surface area contributed by atoms with Crippen molar-refractivity contribution < 1.29 is 4.39 Å². The highest BCUT2D eigenvalue weighted by molar-refractivity contribution is 5.92. The van der Waals surface area contributed by atoms with Gasteiger partial charge in [0.15, 0.2) is 0 Å². The van der Waals surface area contributed by atoms with Gasteiger partial charge < -0.3 is 10.6 Å². The first kappa shape index (κ1) is 13.6. The molecular formula is C16H22FN3. The van der Waals surface area contributed by atoms with Gasteiger partial charge in [-0.2, -0.15) is 0 Å². The summed E-state index contributed by atoms with van der Waals surface area (Å²) in [7, 11) is 0. The third kappa shape index (κ3) is 2.70. The van der Waals surface area contributed by atoms with E-state index >= 15 is 0 Å². The van der Waals surface area contributed by atoms with Crippen LogP contribution in [0.15, 0.2) is 29.3 Å². The monoisotopic (exact) mass is 275 g/mol. The average Bonchev–Trinajstić information content (AvgIpc) is 2.49. The Morgan fingerprint density at radius 1 is 1.20 bits per heavy atom. The van der Waals surface area contributed by atoms with Gasteiger partial charge in [0, 0.05) is 18.7 Å². The van der Waals surface area contributed by atoms with Crippen LogP contribution in [0.3, 0.4) is 0 Å². The Kier molecular flexibility index (Phi) is 4.01. The van der Waals surface area contributed by atoms with Crippen molar-refractivity contribution in [2.75, 3.05) is 13.1 Å². The molecule has 0 radical (unpaired) electrons. The summed E-state index contributed by atoms with van der Waals surface area (Å²) in [4.78, 5) is 4.67. The maximum absolute atomic E-state index is 13.7. The molecule has 1 aromatic carbocycles. The standard InChI is InChI=1S/C16H22FN3/c17-14-7-3-2-6-13(14)12-19-15-16(20-11-10-18-15)8-4-1-5-9-16/h2-3,6-7,20H,1,4-5,8-12H2,(H,18,19). The van der Waals surface area contributed by atoms with Gasteiger partial charge in [0.05, 0.1) is 12.1 Å². The van der Waals surface area contributed by atoms with E-state index in [0.29, 0.717) is 12.1 Å². The molecule has 0 aromatic heterocycles. The molecule has 2 aliphatic rings. The van der Waals surface area contributed by atoms with Crippen molar-refractivity contribution in [3.05, 3.63) is 35.6 Å². The van der Waals surface area contributed by atoms with E-state index in [1.165, 1.54) is 25.3 Å². The van der Waals surface area contributed by atoms with Crippen LogP contribution in [0.2, 0.25) is 0 Å². The minimum Gasteiger partial charge on any atom is -0.368 e. The highest BCUT2D eigenvalue weighted by atomic mass is 19.1. The number of aliphatic imine (C=N–C) groups is 1. The van der Waals surface area contributed by atoms with Gasteiger partial charge in [0.2, 0.25) is 0 Å². The van der Waals surface area contributed by atoms with E-state index in [1.807, 2.05) is 12.1 Å². The van der Waals surface area contributed by atoms with Gasteiger partial charge in [0.1, 0.15) is 11.7 Å². The van der Waals surface area contributed by atoms with Crippen molar-refractivity contribution >= 4 is 5.84 Å². The molecule has 0 amide bonds. The lowest BCUT2D eigenvalue weighted by molar-refractivity contribution is 0.298. The van der Waals surface area contributed by atoms with Crippen LogP contribution >= 0.6 is 0 Å². The average molecular weight is 275 g/mol. The molecule has 4 heteroatoms. The molecule has 0 bridgehead atoms. The van der Waals surface area contributed by atoms with E-state index in [4.69, 9.17) is 0 Å². The Balaban J connectivity index is 1.72. The van der Waals surface area contributed by atoms with E-state index in [1.54, 1.807) is 6.07 Å². The first-order valence-corrected chi connectivity index (χ1v) is 7.57. The second-order valence-corrected chi connectivity index (χ2v) is 5.74. The van der Waals surface area contributed by atoms with Crippen molar-refractivity contribution in [2.45, 2.75) is 44.2 Å². The first-order chi connectivity index (χ1) is 9.80. The van der Waals surface area contributed by atoms with E-state index in [-0.39, 0.29) is 11.4 Å². The lowest BCUT2D eigenvalue weighted by atomic mass is 9.79. The molecular weight excluding hydrogens is 253 g/mol. The summed E-state index contributed by atoms with van der Waals surface area (Å²) in [5, 5.41) is 7.04. The maximum Gasteiger partial charge on any atom is 0.128 e. The normalized spacial score (nSPS) is 21.6. The SMILES string of the molecule is Fc1ccccc1CNC1=NCCNC12CCCCC2. The quantitative estimate of drug-likeness (QED) is 0.870. The van der Waals surface area contributed by atoms with Crippen LogP contribution in [0.5, 0.6) is 0 Å². The highest BCUT2D eigenvalue weighted by Crippen LogP contribution is 2.30. The Bertz CT molecular complexity index is 492. The number of nitrogens with one attached hydrogen (secondary N) is 2. The number of benzene rings is 1. The van der Waals surface area contributed by atoms with Crippen LogP contribution in [0.1, 0.15) is 37.7 Å². The van der Waals surface area contributed by atoms with Crippen LogP contribution in [-0.2, 0) is 6.54 Å². The summed E-state index contributed by atoms with van der Waals surface area (Å²) in [6, 6.07) is 6.93. The molecule has 1 aliphatic heterocycles. The summed E-state index contributed by atoms with van der Waals surface area (Å²) in [6.45, 7) is 2.27. The Labute approximate surface area is 119 Å². The number of amidine groups is 1. The molecule has 1 spiro atoms. The van der Waals surface area contributed by atoms with Crippen molar-refractivity contribution in [3.8, 4) is 0 Å². The number of nitrogens with zero attached hydrogens (tertiary/aromatic N) is 1. The lowest BCUT2D eigenvalue weighted by Crippen LogP contribution is -2.60. The van der Waals surface area contributed by atoms with Crippen LogP contribution in [0.4, 0.5) is 4.39 Å². The van der Waals surface area contributed by atoms with Crippen LogP contribution in [-0.4, -0.2) is 24.5 Å². The zero-order valence-corrected chi connectivity index (χ0v) is 11.8. The zero-order valence-electron chi connectivity index (χ0n) is 11.8. The second-order valence-electron chi connectivity index (χ2n) is 5.74.